The molecule has 0 radical (unpaired) electrons. The Morgan fingerprint density at radius 3 is 2.93 bits per heavy atom. The smallest absolute Gasteiger partial charge is 0.159 e. The Labute approximate surface area is 99.8 Å². The monoisotopic (exact) mass is 253 g/mol. The van der Waals surface area contributed by atoms with Gasteiger partial charge in [-0.15, -0.1) is 0 Å². The van der Waals surface area contributed by atoms with Crippen LogP contribution in [0, 0.1) is 11.3 Å². The minimum Gasteiger partial charge on any atom is -0.250 e. The number of hydrogen-bond donors (Lipinski definition) is 0. The van der Waals surface area contributed by atoms with Crippen LogP contribution in [0.15, 0.2) is 33.8 Å². The minimum absolute atomic E-state index is 0.265. The average molecular weight is 254 g/mol. The summed E-state index contributed by atoms with van der Waals surface area (Å²) in [6, 6.07) is 7.62. The number of nitrogens with zero attached hydrogens (tertiary/aromatic N) is 3. The molecule has 0 saturated carbocycles. The Hall–Kier alpha value is -1.09. The van der Waals surface area contributed by atoms with Gasteiger partial charge < -0.3 is 0 Å². The van der Waals surface area contributed by atoms with Crippen molar-refractivity contribution in [3.8, 4) is 6.07 Å². The number of rotatable bonds is 2. The van der Waals surface area contributed by atoms with Crippen molar-refractivity contribution in [2.24, 2.45) is 0 Å². The van der Waals surface area contributed by atoms with E-state index in [1.807, 2.05) is 24.3 Å². The molecular weight excluding hydrogens is 250 g/mol. The maximum absolute atomic E-state index is 8.71. The fraction of sp³-hybridized carbons (Fsp3) is 0. The van der Waals surface area contributed by atoms with E-state index in [1.54, 1.807) is 6.20 Å². The van der Waals surface area contributed by atoms with Crippen molar-refractivity contribution in [1.82, 2.24) is 9.97 Å². The summed E-state index contributed by atoms with van der Waals surface area (Å²) in [7, 11) is 0. The van der Waals surface area contributed by atoms with Crippen LogP contribution in [0.25, 0.3) is 0 Å². The van der Waals surface area contributed by atoms with E-state index in [0.29, 0.717) is 4.88 Å². The van der Waals surface area contributed by atoms with Gasteiger partial charge in [0, 0.05) is 6.20 Å². The first-order chi connectivity index (χ1) is 7.29. The van der Waals surface area contributed by atoms with Crippen molar-refractivity contribution in [3.63, 3.8) is 0 Å². The van der Waals surface area contributed by atoms with E-state index in [-0.39, 0.29) is 5.15 Å². The summed E-state index contributed by atoms with van der Waals surface area (Å²) in [5.74, 6) is 0. The predicted molar refractivity (Wildman–Crippen MR) is 60.2 cm³/mol. The molecule has 0 aliphatic carbocycles. The van der Waals surface area contributed by atoms with E-state index < -0.39 is 0 Å². The Bertz CT molecular complexity index is 504. The number of hydrogen-bond acceptors (Lipinski definition) is 5. The van der Waals surface area contributed by atoms with Crippen LogP contribution in [0.1, 0.15) is 4.88 Å². The molecule has 0 amide bonds. The van der Waals surface area contributed by atoms with Crippen LogP contribution in [0.3, 0.4) is 0 Å². The van der Waals surface area contributed by atoms with Gasteiger partial charge in [-0.25, -0.2) is 9.97 Å². The first-order valence-corrected chi connectivity index (χ1v) is 5.96. The largest absolute Gasteiger partial charge is 0.250 e. The number of halogens is 1. The zero-order chi connectivity index (χ0) is 10.7. The molecule has 0 aliphatic heterocycles. The zero-order valence-electron chi connectivity index (χ0n) is 7.35. The van der Waals surface area contributed by atoms with Gasteiger partial charge in [-0.2, -0.15) is 5.26 Å². The predicted octanol–water partition coefficient (Wildman–Crippen LogP) is 3.21. The Kier molecular flexibility index (Phi) is 3.21. The zero-order valence-corrected chi connectivity index (χ0v) is 9.73. The molecule has 74 valence electrons. The summed E-state index contributed by atoms with van der Waals surface area (Å²) in [4.78, 5) is 8.64. The number of thiazole rings is 1. The third-order valence-corrected chi connectivity index (χ3v) is 3.85. The van der Waals surface area contributed by atoms with Crippen LogP contribution in [0.2, 0.25) is 5.15 Å². The lowest BCUT2D eigenvalue weighted by molar-refractivity contribution is 1.12. The van der Waals surface area contributed by atoms with Crippen molar-refractivity contribution in [2.45, 2.75) is 9.37 Å². The lowest BCUT2D eigenvalue weighted by atomic mass is 10.5. The average Bonchev–Trinajstić information content (AvgIpc) is 2.60. The van der Waals surface area contributed by atoms with E-state index in [1.165, 1.54) is 23.1 Å². The third-order valence-electron chi connectivity index (χ3n) is 1.50. The molecule has 2 rings (SSSR count). The van der Waals surface area contributed by atoms with Gasteiger partial charge in [0.25, 0.3) is 0 Å². The molecular formula is C9H4ClN3S2. The summed E-state index contributed by atoms with van der Waals surface area (Å²) in [5, 5.41) is 9.81. The van der Waals surface area contributed by atoms with Crippen LogP contribution >= 0.6 is 34.7 Å². The van der Waals surface area contributed by atoms with Gasteiger partial charge in [0.15, 0.2) is 9.49 Å². The van der Waals surface area contributed by atoms with E-state index in [4.69, 9.17) is 16.9 Å². The first-order valence-electron chi connectivity index (χ1n) is 3.95. The Balaban J connectivity index is 2.23. The highest BCUT2D eigenvalue weighted by Gasteiger charge is 2.09. The number of aromatic nitrogens is 2. The fourth-order valence-electron chi connectivity index (χ4n) is 0.893. The Morgan fingerprint density at radius 2 is 2.33 bits per heavy atom. The summed E-state index contributed by atoms with van der Waals surface area (Å²) >= 11 is 8.43. The standard InChI is InChI=1S/C9H4ClN3S2/c10-8-6(5-11)14-9(13-8)15-7-3-1-2-4-12-7/h1-4H. The molecule has 2 heterocycles. The highest BCUT2D eigenvalue weighted by Crippen LogP contribution is 2.33. The van der Waals surface area contributed by atoms with Crippen LogP contribution in [-0.4, -0.2) is 9.97 Å². The lowest BCUT2D eigenvalue weighted by Gasteiger charge is -1.93. The molecule has 0 atom stereocenters. The molecule has 0 spiro atoms. The van der Waals surface area contributed by atoms with Gasteiger partial charge in [-0.05, 0) is 23.9 Å². The second kappa shape index (κ2) is 4.62. The van der Waals surface area contributed by atoms with Crippen molar-refractivity contribution < 1.29 is 0 Å². The summed E-state index contributed by atoms with van der Waals surface area (Å²) in [6.45, 7) is 0. The minimum atomic E-state index is 0.265. The second-order valence-corrected chi connectivity index (χ2v) is 5.11. The molecule has 0 unspecified atom stereocenters. The van der Waals surface area contributed by atoms with E-state index in [0.717, 1.165) is 9.37 Å². The summed E-state index contributed by atoms with van der Waals surface area (Å²) in [6.07, 6.45) is 1.71. The fourth-order valence-corrected chi connectivity index (χ4v) is 2.97. The van der Waals surface area contributed by atoms with Crippen molar-refractivity contribution in [3.05, 3.63) is 34.4 Å². The third kappa shape index (κ3) is 2.48. The molecule has 0 bridgehead atoms. The van der Waals surface area contributed by atoms with Gasteiger partial charge in [-0.1, -0.05) is 29.0 Å². The van der Waals surface area contributed by atoms with Crippen molar-refractivity contribution in [1.29, 1.82) is 5.26 Å². The van der Waals surface area contributed by atoms with Gasteiger partial charge >= 0.3 is 0 Å². The Morgan fingerprint density at radius 1 is 1.47 bits per heavy atom. The first kappa shape index (κ1) is 10.4. The normalized spacial score (nSPS) is 9.87. The van der Waals surface area contributed by atoms with Gasteiger partial charge in [0.05, 0.1) is 0 Å². The van der Waals surface area contributed by atoms with E-state index in [2.05, 4.69) is 9.97 Å². The molecule has 2 aromatic heterocycles. The SMILES string of the molecule is N#Cc1sc(Sc2ccccn2)nc1Cl. The summed E-state index contributed by atoms with van der Waals surface area (Å²) < 4.78 is 0.732. The second-order valence-electron chi connectivity index (χ2n) is 2.48. The molecule has 0 aromatic carbocycles. The van der Waals surface area contributed by atoms with Crippen molar-refractivity contribution in [2.75, 3.05) is 0 Å². The molecule has 0 N–H and O–H groups in total. The van der Waals surface area contributed by atoms with Gasteiger partial charge in [0.2, 0.25) is 0 Å². The maximum atomic E-state index is 8.71. The summed E-state index contributed by atoms with van der Waals surface area (Å²) in [5.41, 5.74) is 0. The van der Waals surface area contributed by atoms with Crippen LogP contribution in [0.5, 0.6) is 0 Å². The maximum Gasteiger partial charge on any atom is 0.159 e. The van der Waals surface area contributed by atoms with Crippen LogP contribution in [-0.2, 0) is 0 Å². The van der Waals surface area contributed by atoms with Crippen molar-refractivity contribution >= 4 is 34.7 Å². The molecule has 15 heavy (non-hydrogen) atoms. The number of pyridine rings is 1. The highest BCUT2D eigenvalue weighted by molar-refractivity contribution is 8.01. The topological polar surface area (TPSA) is 49.6 Å². The molecule has 3 nitrogen and oxygen atoms in total. The van der Waals surface area contributed by atoms with Crippen LogP contribution in [0.4, 0.5) is 0 Å². The van der Waals surface area contributed by atoms with E-state index >= 15 is 0 Å². The van der Waals surface area contributed by atoms with E-state index in [9.17, 15) is 0 Å². The quantitative estimate of drug-likeness (QED) is 0.825. The molecule has 6 heteroatoms. The molecule has 0 aliphatic rings. The highest BCUT2D eigenvalue weighted by atomic mass is 35.5. The van der Waals surface area contributed by atoms with Gasteiger partial charge in [-0.3, -0.25) is 0 Å². The molecule has 0 saturated heterocycles. The van der Waals surface area contributed by atoms with Gasteiger partial charge in [0.1, 0.15) is 16.0 Å². The number of nitriles is 1. The van der Waals surface area contributed by atoms with Crippen LogP contribution < -0.4 is 0 Å². The molecule has 0 fully saturated rings. The molecule has 2 aromatic rings. The lowest BCUT2D eigenvalue weighted by Crippen LogP contribution is -1.75.